The van der Waals surface area contributed by atoms with E-state index in [9.17, 15) is 9.59 Å². The zero-order chi connectivity index (χ0) is 19.1. The first-order chi connectivity index (χ1) is 13.0. The van der Waals surface area contributed by atoms with Gasteiger partial charge in [-0.15, -0.1) is 0 Å². The number of rotatable bonds is 3. The van der Waals surface area contributed by atoms with Crippen molar-refractivity contribution in [3.05, 3.63) is 80.2 Å². The topological polar surface area (TPSA) is 73.0 Å². The summed E-state index contributed by atoms with van der Waals surface area (Å²) in [6, 6.07) is 3.82. The van der Waals surface area contributed by atoms with Crippen molar-refractivity contribution >= 4 is 17.5 Å². The first-order valence-corrected chi connectivity index (χ1v) is 8.91. The van der Waals surface area contributed by atoms with Crippen LogP contribution < -0.4 is 5.56 Å². The molecule has 1 amide bonds. The Bertz CT molecular complexity index is 1090. The minimum Gasteiger partial charge on any atom is -0.328 e. The van der Waals surface area contributed by atoms with Crippen LogP contribution >= 0.6 is 11.6 Å². The van der Waals surface area contributed by atoms with E-state index in [4.69, 9.17) is 11.6 Å². The highest BCUT2D eigenvalue weighted by Gasteiger charge is 2.29. The third-order valence-electron chi connectivity index (χ3n) is 4.95. The predicted octanol–water partition coefficient (Wildman–Crippen LogP) is 2.14. The van der Waals surface area contributed by atoms with Crippen LogP contribution in [-0.2, 0) is 26.7 Å². The van der Waals surface area contributed by atoms with Crippen molar-refractivity contribution in [1.82, 2.24) is 24.2 Å². The quantitative estimate of drug-likeness (QED) is 0.694. The molecule has 0 atom stereocenters. The van der Waals surface area contributed by atoms with Crippen LogP contribution in [0.4, 0.5) is 0 Å². The molecular weight excluding hydrogens is 366 g/mol. The number of amides is 1. The van der Waals surface area contributed by atoms with Crippen molar-refractivity contribution in [3.63, 3.8) is 0 Å². The summed E-state index contributed by atoms with van der Waals surface area (Å²) in [7, 11) is 1.69. The van der Waals surface area contributed by atoms with Crippen molar-refractivity contribution in [2.24, 2.45) is 7.05 Å². The van der Waals surface area contributed by atoms with E-state index < -0.39 is 0 Å². The molecular formula is C19H18ClN5O2. The Morgan fingerprint density at radius 3 is 2.85 bits per heavy atom. The van der Waals surface area contributed by atoms with Gasteiger partial charge in [-0.3, -0.25) is 19.3 Å². The summed E-state index contributed by atoms with van der Waals surface area (Å²) in [4.78, 5) is 30.9. The van der Waals surface area contributed by atoms with Gasteiger partial charge in [-0.05, 0) is 29.7 Å². The van der Waals surface area contributed by atoms with Gasteiger partial charge in [0.05, 0.1) is 24.8 Å². The average Bonchev–Trinajstić information content (AvgIpc) is 3.32. The van der Waals surface area contributed by atoms with E-state index >= 15 is 0 Å². The van der Waals surface area contributed by atoms with Gasteiger partial charge in [0, 0.05) is 37.9 Å². The first-order valence-electron chi connectivity index (χ1n) is 8.53. The highest BCUT2D eigenvalue weighted by molar-refractivity contribution is 6.31. The third-order valence-corrected chi connectivity index (χ3v) is 5.40. The molecule has 3 aromatic heterocycles. The van der Waals surface area contributed by atoms with Gasteiger partial charge in [0.15, 0.2) is 0 Å². The summed E-state index contributed by atoms with van der Waals surface area (Å²) in [6.07, 6.45) is 6.79. The van der Waals surface area contributed by atoms with E-state index in [1.54, 1.807) is 41.4 Å². The monoisotopic (exact) mass is 383 g/mol. The molecule has 0 N–H and O–H groups in total. The van der Waals surface area contributed by atoms with E-state index in [0.717, 1.165) is 22.4 Å². The lowest BCUT2D eigenvalue weighted by atomic mass is 10.1. The molecule has 0 spiro atoms. The summed E-state index contributed by atoms with van der Waals surface area (Å²) in [6.45, 7) is 3.18. The molecule has 7 nitrogen and oxygen atoms in total. The molecule has 4 heterocycles. The summed E-state index contributed by atoms with van der Waals surface area (Å²) in [5, 5.41) is 4.50. The maximum Gasteiger partial charge on any atom is 0.269 e. The Hall–Kier alpha value is -2.93. The average molecular weight is 384 g/mol. The van der Waals surface area contributed by atoms with Crippen molar-refractivity contribution in [3.8, 4) is 0 Å². The normalized spacial score (nSPS) is 13.1. The maximum atomic E-state index is 12.9. The van der Waals surface area contributed by atoms with E-state index in [2.05, 4.69) is 10.1 Å². The van der Waals surface area contributed by atoms with Crippen LogP contribution in [0.1, 0.15) is 32.7 Å². The first kappa shape index (κ1) is 17.5. The van der Waals surface area contributed by atoms with E-state index in [-0.39, 0.29) is 16.5 Å². The zero-order valence-corrected chi connectivity index (χ0v) is 15.8. The van der Waals surface area contributed by atoms with Crippen LogP contribution in [-0.4, -0.2) is 30.1 Å². The summed E-state index contributed by atoms with van der Waals surface area (Å²) in [5.74, 6) is -0.119. The van der Waals surface area contributed by atoms with Crippen LogP contribution in [0.5, 0.6) is 0 Å². The van der Waals surface area contributed by atoms with E-state index in [1.165, 1.54) is 4.57 Å². The predicted molar refractivity (Wildman–Crippen MR) is 101 cm³/mol. The Morgan fingerprint density at radius 1 is 1.30 bits per heavy atom. The standard InChI is InChI=1S/C19H18ClN5O2/c1-12-15-10-24(11-16(15)23(2)19(27)17(12)20)18(26)14-7-22-25(9-14)8-13-4-3-5-21-6-13/h3-7,9H,8,10-11H2,1-2H3. The van der Waals surface area contributed by atoms with Crippen LogP contribution in [0.3, 0.4) is 0 Å². The van der Waals surface area contributed by atoms with E-state index in [1.807, 2.05) is 19.1 Å². The SMILES string of the molecule is Cc1c2c(n(C)c(=O)c1Cl)CN(C(=O)c1cnn(Cc3cccnc3)c1)C2. The van der Waals surface area contributed by atoms with Gasteiger partial charge in [-0.1, -0.05) is 17.7 Å². The second-order valence-corrected chi connectivity index (χ2v) is 7.06. The van der Waals surface area contributed by atoms with Gasteiger partial charge in [-0.2, -0.15) is 5.10 Å². The fourth-order valence-electron chi connectivity index (χ4n) is 3.39. The highest BCUT2D eigenvalue weighted by atomic mass is 35.5. The number of pyridine rings is 2. The lowest BCUT2D eigenvalue weighted by Gasteiger charge is -2.14. The third kappa shape index (κ3) is 3.04. The molecule has 0 radical (unpaired) electrons. The Morgan fingerprint density at radius 2 is 2.11 bits per heavy atom. The van der Waals surface area contributed by atoms with Crippen molar-refractivity contribution in [2.75, 3.05) is 0 Å². The van der Waals surface area contributed by atoms with Gasteiger partial charge in [0.1, 0.15) is 5.02 Å². The molecule has 1 aliphatic rings. The number of aromatic nitrogens is 4. The van der Waals surface area contributed by atoms with E-state index in [0.29, 0.717) is 25.2 Å². The minimum absolute atomic E-state index is 0.119. The minimum atomic E-state index is -0.230. The van der Waals surface area contributed by atoms with Crippen molar-refractivity contribution < 1.29 is 4.79 Å². The molecule has 0 saturated carbocycles. The number of carbonyl (C=O) groups is 1. The van der Waals surface area contributed by atoms with Crippen LogP contribution in [0.25, 0.3) is 0 Å². The molecule has 0 saturated heterocycles. The highest BCUT2D eigenvalue weighted by Crippen LogP contribution is 2.28. The number of hydrogen-bond acceptors (Lipinski definition) is 4. The van der Waals surface area contributed by atoms with Crippen LogP contribution in [0.2, 0.25) is 5.02 Å². The van der Waals surface area contributed by atoms with Gasteiger partial charge in [0.2, 0.25) is 0 Å². The summed E-state index contributed by atoms with van der Waals surface area (Å²) < 4.78 is 3.25. The lowest BCUT2D eigenvalue weighted by Crippen LogP contribution is -2.26. The van der Waals surface area contributed by atoms with Crippen molar-refractivity contribution in [2.45, 2.75) is 26.6 Å². The summed E-state index contributed by atoms with van der Waals surface area (Å²) in [5.41, 5.74) is 3.81. The fourth-order valence-corrected chi connectivity index (χ4v) is 3.63. The smallest absolute Gasteiger partial charge is 0.269 e. The Kier molecular flexibility index (Phi) is 4.31. The molecule has 0 unspecified atom stereocenters. The zero-order valence-electron chi connectivity index (χ0n) is 15.0. The number of hydrogen-bond donors (Lipinski definition) is 0. The molecule has 1 aliphatic heterocycles. The number of nitrogens with zero attached hydrogens (tertiary/aromatic N) is 5. The lowest BCUT2D eigenvalue weighted by molar-refractivity contribution is 0.0749. The second kappa shape index (κ2) is 6.66. The second-order valence-electron chi connectivity index (χ2n) is 6.68. The molecule has 8 heteroatoms. The molecule has 27 heavy (non-hydrogen) atoms. The molecule has 3 aromatic rings. The summed E-state index contributed by atoms with van der Waals surface area (Å²) >= 11 is 6.14. The largest absolute Gasteiger partial charge is 0.328 e. The number of halogens is 1. The Balaban J connectivity index is 1.56. The molecule has 4 rings (SSSR count). The van der Waals surface area contributed by atoms with Gasteiger partial charge < -0.3 is 9.47 Å². The molecule has 0 bridgehead atoms. The van der Waals surface area contributed by atoms with Crippen LogP contribution in [0.15, 0.2) is 41.7 Å². The molecule has 0 aliphatic carbocycles. The van der Waals surface area contributed by atoms with Crippen LogP contribution in [0, 0.1) is 6.92 Å². The van der Waals surface area contributed by atoms with Gasteiger partial charge in [-0.25, -0.2) is 0 Å². The van der Waals surface area contributed by atoms with Gasteiger partial charge >= 0.3 is 0 Å². The molecule has 0 aromatic carbocycles. The number of fused-ring (bicyclic) bond motifs is 1. The van der Waals surface area contributed by atoms with Crippen molar-refractivity contribution in [1.29, 1.82) is 0 Å². The fraction of sp³-hybridized carbons (Fsp3) is 0.263. The molecule has 138 valence electrons. The number of carbonyl (C=O) groups excluding carboxylic acids is 1. The van der Waals surface area contributed by atoms with Gasteiger partial charge in [0.25, 0.3) is 11.5 Å². The maximum absolute atomic E-state index is 12.9. The molecule has 0 fully saturated rings. The Labute approximate surface area is 160 Å².